The molecule has 2 rings (SSSR count). The van der Waals surface area contributed by atoms with Crippen molar-refractivity contribution in [1.29, 1.82) is 0 Å². The van der Waals surface area contributed by atoms with E-state index in [1.165, 1.54) is 12.0 Å². The Kier molecular flexibility index (Phi) is 3.94. The molecule has 0 amide bonds. The lowest BCUT2D eigenvalue weighted by Gasteiger charge is -2.40. The van der Waals surface area contributed by atoms with Crippen LogP contribution in [0.4, 0.5) is 0 Å². The SMILES string of the molecule is CC1CCC(N)(Cc2cccc(Br)c2)CC1C. The maximum absolute atomic E-state index is 6.58. The van der Waals surface area contributed by atoms with Crippen LogP contribution in [0.3, 0.4) is 0 Å². The van der Waals surface area contributed by atoms with Gasteiger partial charge in [0.1, 0.15) is 0 Å². The van der Waals surface area contributed by atoms with Crippen LogP contribution in [0.1, 0.15) is 38.7 Å². The summed E-state index contributed by atoms with van der Waals surface area (Å²) >= 11 is 3.53. The van der Waals surface area contributed by atoms with Crippen molar-refractivity contribution in [1.82, 2.24) is 0 Å². The smallest absolute Gasteiger partial charge is 0.0197 e. The molecule has 0 heterocycles. The van der Waals surface area contributed by atoms with Crippen LogP contribution >= 0.6 is 15.9 Å². The Balaban J connectivity index is 2.07. The van der Waals surface area contributed by atoms with Crippen LogP contribution in [0.15, 0.2) is 28.7 Å². The molecule has 1 fully saturated rings. The lowest BCUT2D eigenvalue weighted by molar-refractivity contribution is 0.176. The average Bonchev–Trinajstić information content (AvgIpc) is 2.24. The molecular formula is C15H22BrN. The molecule has 3 atom stereocenters. The van der Waals surface area contributed by atoms with Gasteiger partial charge in [0, 0.05) is 10.0 Å². The van der Waals surface area contributed by atoms with E-state index in [4.69, 9.17) is 5.73 Å². The topological polar surface area (TPSA) is 26.0 Å². The maximum atomic E-state index is 6.58. The lowest BCUT2D eigenvalue weighted by atomic mass is 9.69. The van der Waals surface area contributed by atoms with Crippen LogP contribution in [0.25, 0.3) is 0 Å². The van der Waals surface area contributed by atoms with Gasteiger partial charge in [-0.3, -0.25) is 0 Å². The summed E-state index contributed by atoms with van der Waals surface area (Å²) in [5, 5.41) is 0. The minimum absolute atomic E-state index is 0.00667. The third-order valence-electron chi connectivity index (χ3n) is 4.24. The predicted molar refractivity (Wildman–Crippen MR) is 76.9 cm³/mol. The van der Waals surface area contributed by atoms with E-state index in [2.05, 4.69) is 54.0 Å². The van der Waals surface area contributed by atoms with Crippen molar-refractivity contribution in [3.8, 4) is 0 Å². The van der Waals surface area contributed by atoms with Crippen LogP contribution < -0.4 is 5.73 Å². The molecule has 0 bridgehead atoms. The van der Waals surface area contributed by atoms with Gasteiger partial charge in [-0.2, -0.15) is 0 Å². The maximum Gasteiger partial charge on any atom is 0.0197 e. The number of hydrogen-bond acceptors (Lipinski definition) is 1. The Morgan fingerprint density at radius 1 is 1.35 bits per heavy atom. The number of halogens is 1. The van der Waals surface area contributed by atoms with Gasteiger partial charge >= 0.3 is 0 Å². The third kappa shape index (κ3) is 3.32. The van der Waals surface area contributed by atoms with E-state index in [0.29, 0.717) is 0 Å². The first-order chi connectivity index (χ1) is 7.98. The minimum atomic E-state index is 0.00667. The lowest BCUT2D eigenvalue weighted by Crippen LogP contribution is -2.47. The zero-order valence-corrected chi connectivity index (χ0v) is 12.3. The first-order valence-corrected chi connectivity index (χ1v) is 7.31. The summed E-state index contributed by atoms with van der Waals surface area (Å²) < 4.78 is 1.15. The highest BCUT2D eigenvalue weighted by molar-refractivity contribution is 9.10. The molecule has 3 unspecified atom stereocenters. The van der Waals surface area contributed by atoms with Crippen molar-refractivity contribution >= 4 is 15.9 Å². The molecule has 0 aliphatic heterocycles. The Morgan fingerprint density at radius 2 is 2.12 bits per heavy atom. The Labute approximate surface area is 113 Å². The Hall–Kier alpha value is -0.340. The fourth-order valence-electron chi connectivity index (χ4n) is 2.96. The molecule has 0 saturated heterocycles. The van der Waals surface area contributed by atoms with Gasteiger partial charge in [-0.15, -0.1) is 0 Å². The molecule has 1 aromatic rings. The quantitative estimate of drug-likeness (QED) is 0.872. The largest absolute Gasteiger partial charge is 0.325 e. The summed E-state index contributed by atoms with van der Waals surface area (Å²) in [6.07, 6.45) is 4.58. The van der Waals surface area contributed by atoms with E-state index in [-0.39, 0.29) is 5.54 Å². The van der Waals surface area contributed by atoms with Gasteiger partial charge in [0.2, 0.25) is 0 Å². The second kappa shape index (κ2) is 5.11. The predicted octanol–water partition coefficient (Wildman–Crippen LogP) is 4.15. The summed E-state index contributed by atoms with van der Waals surface area (Å²) in [6.45, 7) is 4.69. The Morgan fingerprint density at radius 3 is 2.76 bits per heavy atom. The third-order valence-corrected chi connectivity index (χ3v) is 4.74. The first kappa shape index (κ1) is 13.1. The summed E-state index contributed by atoms with van der Waals surface area (Å²) in [5.41, 5.74) is 7.94. The molecule has 1 saturated carbocycles. The molecule has 94 valence electrons. The molecule has 1 nitrogen and oxygen atoms in total. The number of rotatable bonds is 2. The van der Waals surface area contributed by atoms with Gasteiger partial charge in [0.25, 0.3) is 0 Å². The molecule has 1 aliphatic carbocycles. The molecule has 2 N–H and O–H groups in total. The van der Waals surface area contributed by atoms with Crippen LogP contribution in [0, 0.1) is 11.8 Å². The van der Waals surface area contributed by atoms with Crippen LogP contribution in [-0.4, -0.2) is 5.54 Å². The molecule has 17 heavy (non-hydrogen) atoms. The standard InChI is InChI=1S/C15H22BrN/c1-11-6-7-15(17,9-12(11)2)10-13-4-3-5-14(16)8-13/h3-5,8,11-12H,6-7,9-10,17H2,1-2H3. The monoisotopic (exact) mass is 295 g/mol. The summed E-state index contributed by atoms with van der Waals surface area (Å²) in [4.78, 5) is 0. The molecular weight excluding hydrogens is 274 g/mol. The highest BCUT2D eigenvalue weighted by atomic mass is 79.9. The second-order valence-electron chi connectivity index (χ2n) is 5.87. The van der Waals surface area contributed by atoms with Crippen molar-refractivity contribution in [2.24, 2.45) is 17.6 Å². The number of hydrogen-bond donors (Lipinski definition) is 1. The van der Waals surface area contributed by atoms with Crippen molar-refractivity contribution < 1.29 is 0 Å². The Bertz CT molecular complexity index is 390. The summed E-state index contributed by atoms with van der Waals surface area (Å²) in [7, 11) is 0. The van der Waals surface area contributed by atoms with Crippen molar-refractivity contribution in [2.75, 3.05) is 0 Å². The highest BCUT2D eigenvalue weighted by Crippen LogP contribution is 2.36. The van der Waals surface area contributed by atoms with Gasteiger partial charge in [-0.05, 0) is 55.2 Å². The van der Waals surface area contributed by atoms with Gasteiger partial charge in [0.05, 0.1) is 0 Å². The average molecular weight is 296 g/mol. The van der Waals surface area contributed by atoms with Crippen molar-refractivity contribution in [3.63, 3.8) is 0 Å². The van der Waals surface area contributed by atoms with Gasteiger partial charge in [-0.25, -0.2) is 0 Å². The molecule has 1 aliphatic rings. The number of nitrogens with two attached hydrogens (primary N) is 1. The molecule has 0 spiro atoms. The summed E-state index contributed by atoms with van der Waals surface area (Å²) in [5.74, 6) is 1.58. The van der Waals surface area contributed by atoms with E-state index in [1.807, 2.05) is 0 Å². The van der Waals surface area contributed by atoms with E-state index >= 15 is 0 Å². The minimum Gasteiger partial charge on any atom is -0.325 e. The zero-order chi connectivity index (χ0) is 12.5. The fourth-order valence-corrected chi connectivity index (χ4v) is 3.40. The van der Waals surface area contributed by atoms with Crippen LogP contribution in [-0.2, 0) is 6.42 Å². The van der Waals surface area contributed by atoms with Crippen molar-refractivity contribution in [2.45, 2.75) is 45.1 Å². The van der Waals surface area contributed by atoms with E-state index < -0.39 is 0 Å². The zero-order valence-electron chi connectivity index (χ0n) is 10.7. The highest BCUT2D eigenvalue weighted by Gasteiger charge is 2.34. The van der Waals surface area contributed by atoms with E-state index in [9.17, 15) is 0 Å². The van der Waals surface area contributed by atoms with Crippen LogP contribution in [0.5, 0.6) is 0 Å². The van der Waals surface area contributed by atoms with E-state index in [1.54, 1.807) is 0 Å². The van der Waals surface area contributed by atoms with Crippen LogP contribution in [0.2, 0.25) is 0 Å². The van der Waals surface area contributed by atoms with Gasteiger partial charge in [0.15, 0.2) is 0 Å². The number of benzene rings is 1. The normalized spacial score (nSPS) is 33.6. The molecule has 1 aromatic carbocycles. The van der Waals surface area contributed by atoms with Gasteiger partial charge < -0.3 is 5.73 Å². The first-order valence-electron chi connectivity index (χ1n) is 6.52. The molecule has 0 aromatic heterocycles. The van der Waals surface area contributed by atoms with E-state index in [0.717, 1.165) is 35.6 Å². The van der Waals surface area contributed by atoms with Crippen molar-refractivity contribution in [3.05, 3.63) is 34.3 Å². The fraction of sp³-hybridized carbons (Fsp3) is 0.600. The molecule has 0 radical (unpaired) electrons. The second-order valence-corrected chi connectivity index (χ2v) is 6.78. The van der Waals surface area contributed by atoms with Gasteiger partial charge in [-0.1, -0.05) is 41.9 Å². The molecule has 2 heteroatoms. The summed E-state index contributed by atoms with van der Waals surface area (Å²) in [6, 6.07) is 8.54.